The number of hydrogen-bond acceptors (Lipinski definition) is 7. The number of carbonyl (C=O) groups is 2. The Bertz CT molecular complexity index is 1220. The predicted octanol–water partition coefficient (Wildman–Crippen LogP) is 2.42. The normalized spacial score (nSPS) is 17.4. The molecule has 4 rings (SSSR count). The Labute approximate surface area is 171 Å². The lowest BCUT2D eigenvalue weighted by Gasteiger charge is -2.36. The lowest BCUT2D eigenvalue weighted by Crippen LogP contribution is -2.51. The Hall–Kier alpha value is -4.06. The summed E-state index contributed by atoms with van der Waals surface area (Å²) < 4.78 is 12.0. The van der Waals surface area contributed by atoms with Gasteiger partial charge in [0.1, 0.15) is 17.5 Å². The average Bonchev–Trinajstić information content (AvgIpc) is 3.37. The summed E-state index contributed by atoms with van der Waals surface area (Å²) >= 11 is 0. The van der Waals surface area contributed by atoms with Gasteiger partial charge in [-0.15, -0.1) is 0 Å². The van der Waals surface area contributed by atoms with E-state index in [4.69, 9.17) is 9.47 Å². The van der Waals surface area contributed by atoms with Gasteiger partial charge in [0.15, 0.2) is 0 Å². The van der Waals surface area contributed by atoms with Crippen LogP contribution in [0.25, 0.3) is 10.9 Å². The van der Waals surface area contributed by atoms with Crippen LogP contribution < -0.4 is 5.32 Å². The van der Waals surface area contributed by atoms with Crippen LogP contribution in [0.5, 0.6) is 0 Å². The van der Waals surface area contributed by atoms with E-state index in [0.717, 1.165) is 5.52 Å². The highest BCUT2D eigenvalue weighted by atomic mass is 16.5. The van der Waals surface area contributed by atoms with Crippen molar-refractivity contribution in [3.05, 3.63) is 59.6 Å². The van der Waals surface area contributed by atoms with Crippen molar-refractivity contribution in [2.75, 3.05) is 18.5 Å². The molecule has 1 atom stereocenters. The number of rotatable bonds is 5. The number of nitriles is 1. The molecule has 0 bridgehead atoms. The Kier molecular flexibility index (Phi) is 4.75. The van der Waals surface area contributed by atoms with E-state index in [2.05, 4.69) is 15.4 Å². The zero-order valence-electron chi connectivity index (χ0n) is 16.4. The highest BCUT2D eigenvalue weighted by Crippen LogP contribution is 2.44. The average molecular weight is 405 g/mol. The van der Waals surface area contributed by atoms with E-state index >= 15 is 0 Å². The van der Waals surface area contributed by atoms with Gasteiger partial charge in [0.05, 0.1) is 25.0 Å². The molecule has 0 fully saturated rings. The standard InChI is InChI=1S/C21H19N5O4/c1-3-29-19(27)16-12-24-18-13(9-22)10-25-26(18)21(16,20(28)30-4-2)15-11-23-17-8-6-5-7-14(15)17/h5-8,10-12,23-24H,3-4H2,1-2H3/t21-/m1/s1. The quantitative estimate of drug-likeness (QED) is 0.625. The van der Waals surface area contributed by atoms with Crippen molar-refractivity contribution in [3.8, 4) is 6.07 Å². The maximum atomic E-state index is 13.6. The minimum absolute atomic E-state index is 0.00708. The molecule has 3 aromatic rings. The van der Waals surface area contributed by atoms with Crippen LogP contribution in [0, 0.1) is 11.3 Å². The molecule has 152 valence electrons. The second-order valence-electron chi connectivity index (χ2n) is 6.53. The molecule has 0 aliphatic carbocycles. The molecule has 30 heavy (non-hydrogen) atoms. The molecule has 9 heteroatoms. The number of anilines is 1. The SMILES string of the molecule is CCOC(=O)C1=CNc2c(C#N)cnn2[C@]1(C(=O)OCC)c1c[nH]c2ccccc12. The molecule has 2 aromatic heterocycles. The number of esters is 2. The molecule has 0 radical (unpaired) electrons. The van der Waals surface area contributed by atoms with Crippen molar-refractivity contribution < 1.29 is 19.1 Å². The number of benzene rings is 1. The van der Waals surface area contributed by atoms with Gasteiger partial charge in [-0.1, -0.05) is 18.2 Å². The Morgan fingerprint density at radius 1 is 1.23 bits per heavy atom. The number of para-hydroxylation sites is 1. The van der Waals surface area contributed by atoms with E-state index in [1.165, 1.54) is 17.1 Å². The summed E-state index contributed by atoms with van der Waals surface area (Å²) in [5, 5.41) is 17.4. The van der Waals surface area contributed by atoms with Crippen LogP contribution in [0.2, 0.25) is 0 Å². The van der Waals surface area contributed by atoms with E-state index in [1.807, 2.05) is 30.3 Å². The lowest BCUT2D eigenvalue weighted by atomic mass is 9.81. The molecule has 0 saturated carbocycles. The number of nitrogens with one attached hydrogen (secondary N) is 2. The highest BCUT2D eigenvalue weighted by molar-refractivity contribution is 6.06. The number of carbonyl (C=O) groups excluding carboxylic acids is 2. The van der Waals surface area contributed by atoms with Crippen LogP contribution in [0.3, 0.4) is 0 Å². The molecule has 1 aliphatic rings. The van der Waals surface area contributed by atoms with Gasteiger partial charge in [0, 0.05) is 28.9 Å². The summed E-state index contributed by atoms with van der Waals surface area (Å²) in [4.78, 5) is 29.7. The topological polar surface area (TPSA) is 122 Å². The van der Waals surface area contributed by atoms with Crippen molar-refractivity contribution in [2.24, 2.45) is 0 Å². The van der Waals surface area contributed by atoms with Crippen molar-refractivity contribution in [2.45, 2.75) is 19.4 Å². The number of aromatic nitrogens is 3. The number of ether oxygens (including phenoxy) is 2. The van der Waals surface area contributed by atoms with E-state index in [-0.39, 0.29) is 30.2 Å². The van der Waals surface area contributed by atoms with Crippen LogP contribution in [-0.2, 0) is 24.6 Å². The van der Waals surface area contributed by atoms with Gasteiger partial charge in [-0.2, -0.15) is 10.4 Å². The lowest BCUT2D eigenvalue weighted by molar-refractivity contribution is -0.153. The summed E-state index contributed by atoms with van der Waals surface area (Å²) in [6.07, 6.45) is 4.37. The zero-order chi connectivity index (χ0) is 21.3. The maximum Gasteiger partial charge on any atom is 0.343 e. The maximum absolute atomic E-state index is 13.6. The van der Waals surface area contributed by atoms with Gasteiger partial charge in [-0.05, 0) is 19.9 Å². The summed E-state index contributed by atoms with van der Waals surface area (Å²) in [6.45, 7) is 3.58. The number of aromatic amines is 1. The first-order chi connectivity index (χ1) is 14.6. The summed E-state index contributed by atoms with van der Waals surface area (Å²) in [7, 11) is 0. The van der Waals surface area contributed by atoms with Crippen molar-refractivity contribution >= 4 is 28.7 Å². The van der Waals surface area contributed by atoms with Crippen molar-refractivity contribution in [3.63, 3.8) is 0 Å². The predicted molar refractivity (Wildman–Crippen MR) is 107 cm³/mol. The molecule has 0 unspecified atom stereocenters. The molecule has 1 aromatic carbocycles. The van der Waals surface area contributed by atoms with Gasteiger partial charge in [-0.25, -0.2) is 14.3 Å². The first-order valence-electron chi connectivity index (χ1n) is 9.46. The molecule has 0 amide bonds. The van der Waals surface area contributed by atoms with E-state index in [9.17, 15) is 14.9 Å². The van der Waals surface area contributed by atoms with Gasteiger partial charge in [-0.3, -0.25) is 0 Å². The first kappa shape index (κ1) is 19.3. The summed E-state index contributed by atoms with van der Waals surface area (Å²) in [5.74, 6) is -1.11. The van der Waals surface area contributed by atoms with Gasteiger partial charge >= 0.3 is 11.9 Å². The second kappa shape index (κ2) is 7.40. The summed E-state index contributed by atoms with van der Waals surface area (Å²) in [6, 6.07) is 9.43. The molecule has 9 nitrogen and oxygen atoms in total. The fourth-order valence-corrected chi connectivity index (χ4v) is 3.77. The molecular formula is C21H19N5O4. The van der Waals surface area contributed by atoms with E-state index in [0.29, 0.717) is 10.9 Å². The van der Waals surface area contributed by atoms with Crippen molar-refractivity contribution in [1.29, 1.82) is 5.26 Å². The smallest absolute Gasteiger partial charge is 0.343 e. The van der Waals surface area contributed by atoms with Gasteiger partial charge < -0.3 is 19.8 Å². The monoisotopic (exact) mass is 405 g/mol. The number of nitrogens with zero attached hydrogens (tertiary/aromatic N) is 3. The van der Waals surface area contributed by atoms with E-state index in [1.54, 1.807) is 20.0 Å². The first-order valence-corrected chi connectivity index (χ1v) is 9.46. The van der Waals surface area contributed by atoms with Crippen LogP contribution in [0.15, 0.2) is 48.4 Å². The Morgan fingerprint density at radius 2 is 2.00 bits per heavy atom. The number of fused-ring (bicyclic) bond motifs is 2. The Morgan fingerprint density at radius 3 is 2.73 bits per heavy atom. The Balaban J connectivity index is 2.11. The van der Waals surface area contributed by atoms with Gasteiger partial charge in [0.25, 0.3) is 0 Å². The van der Waals surface area contributed by atoms with Crippen LogP contribution in [-0.4, -0.2) is 39.9 Å². The van der Waals surface area contributed by atoms with Crippen LogP contribution >= 0.6 is 0 Å². The fraction of sp³-hybridized carbons (Fsp3) is 0.238. The van der Waals surface area contributed by atoms with Crippen LogP contribution in [0.4, 0.5) is 5.82 Å². The fourth-order valence-electron chi connectivity index (χ4n) is 3.77. The van der Waals surface area contributed by atoms with Crippen LogP contribution in [0.1, 0.15) is 25.0 Å². The molecular weight excluding hydrogens is 386 g/mol. The molecule has 0 spiro atoms. The largest absolute Gasteiger partial charge is 0.464 e. The number of H-pyrrole nitrogens is 1. The third kappa shape index (κ3) is 2.58. The van der Waals surface area contributed by atoms with Crippen molar-refractivity contribution in [1.82, 2.24) is 14.8 Å². The molecule has 2 N–H and O–H groups in total. The van der Waals surface area contributed by atoms with Gasteiger partial charge in [0.2, 0.25) is 5.54 Å². The third-order valence-corrected chi connectivity index (χ3v) is 5.00. The minimum atomic E-state index is -1.78. The molecule has 3 heterocycles. The highest BCUT2D eigenvalue weighted by Gasteiger charge is 2.55. The summed E-state index contributed by atoms with van der Waals surface area (Å²) in [5.41, 5.74) is -0.314. The van der Waals surface area contributed by atoms with E-state index < -0.39 is 17.5 Å². The zero-order valence-corrected chi connectivity index (χ0v) is 16.4. The minimum Gasteiger partial charge on any atom is -0.464 e. The second-order valence-corrected chi connectivity index (χ2v) is 6.53. The molecule has 0 saturated heterocycles. The molecule has 1 aliphatic heterocycles. The third-order valence-electron chi connectivity index (χ3n) is 5.00. The number of hydrogen-bond donors (Lipinski definition) is 2.